The minimum absolute atomic E-state index is 0.326. The highest BCUT2D eigenvalue weighted by atomic mass is 16.3. The molecule has 1 heterocycles. The second-order valence-corrected chi connectivity index (χ2v) is 2.43. The van der Waals surface area contributed by atoms with Crippen molar-refractivity contribution in [3.63, 3.8) is 0 Å². The molecule has 1 aromatic heterocycles. The van der Waals surface area contributed by atoms with Gasteiger partial charge in [0.2, 0.25) is 5.82 Å². The van der Waals surface area contributed by atoms with Crippen molar-refractivity contribution in [3.8, 4) is 0 Å². The molecule has 1 rings (SSSR count). The van der Waals surface area contributed by atoms with E-state index in [1.165, 1.54) is 0 Å². The van der Waals surface area contributed by atoms with Gasteiger partial charge in [-0.1, -0.05) is 0 Å². The van der Waals surface area contributed by atoms with Crippen LogP contribution in [0.4, 0.5) is 5.82 Å². The normalized spacial score (nSPS) is 10.0. The Morgan fingerprint density at radius 1 is 1.73 bits per heavy atom. The van der Waals surface area contributed by atoms with Crippen LogP contribution in [0.15, 0.2) is 5.18 Å². The van der Waals surface area contributed by atoms with E-state index < -0.39 is 0 Å². The fraction of sp³-hybridized carbons (Fsp3) is 0.500. The van der Waals surface area contributed by atoms with Crippen molar-refractivity contribution in [1.29, 1.82) is 0 Å². The first-order chi connectivity index (χ1) is 5.20. The Bertz CT molecular complexity index is 282. The molecule has 4 nitrogen and oxygen atoms in total. The standard InChI is InChI=1S/C6H10BN3O/c1-4-8-6(9-11)5(3-7)10(4)2/h3,7H2,1-2H3. The summed E-state index contributed by atoms with van der Waals surface area (Å²) in [5, 5.41) is 2.84. The molecule has 11 heavy (non-hydrogen) atoms. The van der Waals surface area contributed by atoms with Crippen molar-refractivity contribution >= 4 is 13.7 Å². The van der Waals surface area contributed by atoms with Crippen LogP contribution in [0.1, 0.15) is 11.5 Å². The van der Waals surface area contributed by atoms with E-state index in [2.05, 4.69) is 10.2 Å². The average molecular weight is 151 g/mol. The van der Waals surface area contributed by atoms with Crippen LogP contribution in [0.25, 0.3) is 0 Å². The molecule has 0 atom stereocenters. The van der Waals surface area contributed by atoms with Crippen molar-refractivity contribution in [1.82, 2.24) is 9.55 Å². The Balaban J connectivity index is 3.26. The molecule has 0 aromatic carbocycles. The number of hydrogen-bond donors (Lipinski definition) is 0. The first-order valence-electron chi connectivity index (χ1n) is 3.56. The summed E-state index contributed by atoms with van der Waals surface area (Å²) < 4.78 is 1.89. The Morgan fingerprint density at radius 3 is 2.73 bits per heavy atom. The second kappa shape index (κ2) is 2.86. The van der Waals surface area contributed by atoms with Crippen LogP contribution in [0.5, 0.6) is 0 Å². The van der Waals surface area contributed by atoms with E-state index in [4.69, 9.17) is 0 Å². The van der Waals surface area contributed by atoms with Gasteiger partial charge in [0.05, 0.1) is 5.69 Å². The fourth-order valence-electron chi connectivity index (χ4n) is 1.11. The van der Waals surface area contributed by atoms with Crippen molar-refractivity contribution in [2.75, 3.05) is 0 Å². The smallest absolute Gasteiger partial charge is 0.217 e. The van der Waals surface area contributed by atoms with Crippen LogP contribution in [0, 0.1) is 11.8 Å². The van der Waals surface area contributed by atoms with Gasteiger partial charge in [0.15, 0.2) is 0 Å². The van der Waals surface area contributed by atoms with E-state index in [0.29, 0.717) is 5.82 Å². The number of aromatic nitrogens is 2. The Hall–Kier alpha value is -1.13. The molecule has 0 saturated heterocycles. The minimum Gasteiger partial charge on any atom is -0.334 e. The summed E-state index contributed by atoms with van der Waals surface area (Å²) in [6.45, 7) is 1.86. The predicted octanol–water partition coefficient (Wildman–Crippen LogP) is 0.260. The van der Waals surface area contributed by atoms with Crippen LogP contribution in [-0.4, -0.2) is 17.4 Å². The van der Waals surface area contributed by atoms with E-state index in [1.54, 1.807) is 0 Å². The average Bonchev–Trinajstić information content (AvgIpc) is 2.28. The van der Waals surface area contributed by atoms with E-state index in [1.807, 2.05) is 26.4 Å². The summed E-state index contributed by atoms with van der Waals surface area (Å²) in [5.41, 5.74) is 0.900. The van der Waals surface area contributed by atoms with Gasteiger partial charge >= 0.3 is 0 Å². The zero-order valence-corrected chi connectivity index (χ0v) is 6.96. The SMILES string of the molecule is BCc1c(N=O)nc(C)n1C. The van der Waals surface area contributed by atoms with Crippen molar-refractivity contribution in [2.24, 2.45) is 12.2 Å². The molecule has 58 valence electrons. The summed E-state index contributed by atoms with van der Waals surface area (Å²) >= 11 is 0. The Labute approximate surface area is 66.0 Å². The number of imidazole rings is 1. The number of rotatable bonds is 2. The van der Waals surface area contributed by atoms with Gasteiger partial charge in [0.1, 0.15) is 13.7 Å². The Morgan fingerprint density at radius 2 is 2.36 bits per heavy atom. The third-order valence-electron chi connectivity index (χ3n) is 1.84. The molecule has 1 aromatic rings. The third kappa shape index (κ3) is 1.18. The van der Waals surface area contributed by atoms with Gasteiger partial charge in [0.25, 0.3) is 0 Å². The summed E-state index contributed by atoms with van der Waals surface area (Å²) in [5.74, 6) is 1.16. The van der Waals surface area contributed by atoms with E-state index in [-0.39, 0.29) is 0 Å². The van der Waals surface area contributed by atoms with Crippen LogP contribution >= 0.6 is 0 Å². The first-order valence-corrected chi connectivity index (χ1v) is 3.56. The molecule has 0 aliphatic heterocycles. The molecule has 0 amide bonds. The maximum absolute atomic E-state index is 10.2. The van der Waals surface area contributed by atoms with Gasteiger partial charge in [-0.3, -0.25) is 0 Å². The van der Waals surface area contributed by atoms with Gasteiger partial charge in [0, 0.05) is 7.05 Å². The highest BCUT2D eigenvalue weighted by molar-refractivity contribution is 6.08. The number of hydrogen-bond acceptors (Lipinski definition) is 3. The van der Waals surface area contributed by atoms with Crippen molar-refractivity contribution in [3.05, 3.63) is 16.4 Å². The van der Waals surface area contributed by atoms with E-state index in [9.17, 15) is 4.91 Å². The van der Waals surface area contributed by atoms with Crippen LogP contribution in [0.2, 0.25) is 0 Å². The van der Waals surface area contributed by atoms with Gasteiger partial charge < -0.3 is 4.57 Å². The fourth-order valence-corrected chi connectivity index (χ4v) is 1.11. The molecule has 0 unspecified atom stereocenters. The summed E-state index contributed by atoms with van der Waals surface area (Å²) in [6, 6.07) is 0. The molecule has 0 saturated carbocycles. The molecule has 5 heteroatoms. The minimum atomic E-state index is 0.326. The van der Waals surface area contributed by atoms with Gasteiger partial charge in [-0.25, -0.2) is 4.98 Å². The zero-order valence-electron chi connectivity index (χ0n) is 6.96. The second-order valence-electron chi connectivity index (χ2n) is 2.43. The summed E-state index contributed by atoms with van der Waals surface area (Å²) in [4.78, 5) is 14.2. The summed E-state index contributed by atoms with van der Waals surface area (Å²) in [7, 11) is 3.86. The van der Waals surface area contributed by atoms with E-state index in [0.717, 1.165) is 17.8 Å². The monoisotopic (exact) mass is 151 g/mol. The molecule has 0 aliphatic carbocycles. The number of nitroso groups, excluding NO2 is 1. The molecule has 0 spiro atoms. The van der Waals surface area contributed by atoms with Crippen LogP contribution < -0.4 is 0 Å². The molecular weight excluding hydrogens is 141 g/mol. The molecule has 0 N–H and O–H groups in total. The maximum atomic E-state index is 10.2. The highest BCUT2D eigenvalue weighted by Crippen LogP contribution is 2.17. The predicted molar refractivity (Wildman–Crippen MR) is 45.6 cm³/mol. The highest BCUT2D eigenvalue weighted by Gasteiger charge is 2.09. The number of nitrogens with zero attached hydrogens (tertiary/aromatic N) is 3. The lowest BCUT2D eigenvalue weighted by atomic mass is 10.0. The maximum Gasteiger partial charge on any atom is 0.217 e. The molecule has 0 aliphatic rings. The van der Waals surface area contributed by atoms with Gasteiger partial charge in [-0.15, -0.1) is 4.91 Å². The van der Waals surface area contributed by atoms with Crippen LogP contribution in [-0.2, 0) is 13.4 Å². The van der Waals surface area contributed by atoms with Crippen molar-refractivity contribution < 1.29 is 0 Å². The lowest BCUT2D eigenvalue weighted by Gasteiger charge is -1.98. The lowest BCUT2D eigenvalue weighted by Crippen LogP contribution is -1.97. The van der Waals surface area contributed by atoms with Crippen LogP contribution in [0.3, 0.4) is 0 Å². The number of aryl methyl sites for hydroxylation is 1. The zero-order chi connectivity index (χ0) is 8.43. The molecule has 0 bridgehead atoms. The van der Waals surface area contributed by atoms with E-state index >= 15 is 0 Å². The largest absolute Gasteiger partial charge is 0.334 e. The molecule has 0 radical (unpaired) electrons. The molecule has 0 fully saturated rings. The van der Waals surface area contributed by atoms with Gasteiger partial charge in [-0.05, 0) is 18.4 Å². The summed E-state index contributed by atoms with van der Waals surface area (Å²) in [6.07, 6.45) is 0.790. The Kier molecular flexibility index (Phi) is 2.07. The van der Waals surface area contributed by atoms with Crippen molar-refractivity contribution in [2.45, 2.75) is 13.2 Å². The molecular formula is C6H10BN3O. The quantitative estimate of drug-likeness (QED) is 0.449. The van der Waals surface area contributed by atoms with Gasteiger partial charge in [-0.2, -0.15) is 0 Å². The lowest BCUT2D eigenvalue weighted by molar-refractivity contribution is 0.821. The third-order valence-corrected chi connectivity index (χ3v) is 1.84. The topological polar surface area (TPSA) is 47.2 Å². The first kappa shape index (κ1) is 7.98.